The quantitative estimate of drug-likeness (QED) is 0.816. The maximum Gasteiger partial charge on any atom is 0.412 e. The maximum absolute atomic E-state index is 11.5. The van der Waals surface area contributed by atoms with E-state index < -0.39 is 6.09 Å². The lowest BCUT2D eigenvalue weighted by Gasteiger charge is -2.34. The number of benzene rings is 1. The predicted octanol–water partition coefficient (Wildman–Crippen LogP) is 1.59. The van der Waals surface area contributed by atoms with E-state index in [0.29, 0.717) is 5.75 Å². The van der Waals surface area contributed by atoms with Crippen molar-refractivity contribution in [3.63, 3.8) is 0 Å². The van der Waals surface area contributed by atoms with E-state index in [1.165, 1.54) is 5.56 Å². The predicted molar refractivity (Wildman–Crippen MR) is 99.6 cm³/mol. The van der Waals surface area contributed by atoms with Gasteiger partial charge in [0, 0.05) is 51.9 Å². The van der Waals surface area contributed by atoms with Gasteiger partial charge in [-0.1, -0.05) is 24.1 Å². The summed E-state index contributed by atoms with van der Waals surface area (Å²) >= 11 is 0. The molecule has 0 spiro atoms. The Morgan fingerprint density at radius 3 is 2.80 bits per heavy atom. The molecule has 0 radical (unpaired) electrons. The van der Waals surface area contributed by atoms with Crippen LogP contribution in [0.1, 0.15) is 11.1 Å². The van der Waals surface area contributed by atoms with E-state index in [0.717, 1.165) is 57.1 Å². The standard InChI is InChI=1S/C19H24N4O2/c1-3-9-22-10-12-23(13-11-22)14-15-6-7-17(25-19(24)20-2)18-16(15)5-4-8-21-18/h1,4-7,21H,8-14H2,2H3,(H,20,24). The van der Waals surface area contributed by atoms with Crippen LogP contribution in [-0.2, 0) is 6.54 Å². The summed E-state index contributed by atoms with van der Waals surface area (Å²) in [6.07, 6.45) is 9.12. The van der Waals surface area contributed by atoms with Crippen LogP contribution in [0.25, 0.3) is 6.08 Å². The van der Waals surface area contributed by atoms with Crippen molar-refractivity contribution < 1.29 is 9.53 Å². The van der Waals surface area contributed by atoms with Crippen LogP contribution in [0.3, 0.4) is 0 Å². The molecule has 2 heterocycles. The van der Waals surface area contributed by atoms with Crippen molar-refractivity contribution in [1.29, 1.82) is 0 Å². The van der Waals surface area contributed by atoms with Gasteiger partial charge in [0.25, 0.3) is 0 Å². The zero-order valence-corrected chi connectivity index (χ0v) is 14.5. The Morgan fingerprint density at radius 1 is 1.32 bits per heavy atom. The topological polar surface area (TPSA) is 56.8 Å². The highest BCUT2D eigenvalue weighted by Gasteiger charge is 2.20. The van der Waals surface area contributed by atoms with Gasteiger partial charge in [-0.05, 0) is 11.6 Å². The van der Waals surface area contributed by atoms with Gasteiger partial charge in [0.1, 0.15) is 0 Å². The van der Waals surface area contributed by atoms with E-state index in [9.17, 15) is 4.79 Å². The first-order valence-corrected chi connectivity index (χ1v) is 8.55. The van der Waals surface area contributed by atoms with Crippen molar-refractivity contribution >= 4 is 17.9 Å². The molecule has 1 saturated heterocycles. The smallest absolute Gasteiger partial charge is 0.408 e. The molecular formula is C19H24N4O2. The summed E-state index contributed by atoms with van der Waals surface area (Å²) in [5.74, 6) is 3.27. The molecule has 6 nitrogen and oxygen atoms in total. The van der Waals surface area contributed by atoms with Crippen LogP contribution in [-0.4, -0.2) is 62.2 Å². The van der Waals surface area contributed by atoms with Crippen molar-refractivity contribution in [1.82, 2.24) is 15.1 Å². The molecule has 2 aliphatic rings. The number of hydrogen-bond acceptors (Lipinski definition) is 5. The van der Waals surface area contributed by atoms with Crippen LogP contribution >= 0.6 is 0 Å². The summed E-state index contributed by atoms with van der Waals surface area (Å²) in [6.45, 7) is 6.33. The molecular weight excluding hydrogens is 316 g/mol. The first-order valence-electron chi connectivity index (χ1n) is 8.55. The molecule has 0 bridgehead atoms. The number of piperazine rings is 1. The Balaban J connectivity index is 1.74. The van der Waals surface area contributed by atoms with Gasteiger partial charge in [0.2, 0.25) is 0 Å². The van der Waals surface area contributed by atoms with Gasteiger partial charge < -0.3 is 15.4 Å². The van der Waals surface area contributed by atoms with Crippen molar-refractivity contribution in [3.05, 3.63) is 29.3 Å². The molecule has 132 valence electrons. The van der Waals surface area contributed by atoms with Gasteiger partial charge in [-0.2, -0.15) is 0 Å². The van der Waals surface area contributed by atoms with E-state index in [1.54, 1.807) is 7.05 Å². The molecule has 2 N–H and O–H groups in total. The van der Waals surface area contributed by atoms with E-state index in [4.69, 9.17) is 11.2 Å². The highest BCUT2D eigenvalue weighted by molar-refractivity contribution is 5.81. The summed E-state index contributed by atoms with van der Waals surface area (Å²) in [5, 5.41) is 5.80. The summed E-state index contributed by atoms with van der Waals surface area (Å²) in [7, 11) is 1.55. The number of rotatable bonds is 4. The number of amides is 1. The van der Waals surface area contributed by atoms with Gasteiger partial charge in [0.05, 0.1) is 12.2 Å². The summed E-state index contributed by atoms with van der Waals surface area (Å²) in [4.78, 5) is 16.3. The molecule has 2 aliphatic heterocycles. The largest absolute Gasteiger partial charge is 0.412 e. The van der Waals surface area contributed by atoms with Crippen LogP contribution in [0.2, 0.25) is 0 Å². The van der Waals surface area contributed by atoms with E-state index in [1.807, 2.05) is 12.1 Å². The molecule has 3 rings (SSSR count). The molecule has 1 fully saturated rings. The highest BCUT2D eigenvalue weighted by Crippen LogP contribution is 2.35. The Hall–Kier alpha value is -2.49. The van der Waals surface area contributed by atoms with Gasteiger partial charge in [-0.25, -0.2) is 4.79 Å². The van der Waals surface area contributed by atoms with Crippen LogP contribution in [0.4, 0.5) is 10.5 Å². The number of nitrogens with one attached hydrogen (secondary N) is 2. The molecule has 1 aromatic rings. The first kappa shape index (κ1) is 17.3. The number of anilines is 1. The molecule has 1 amide bonds. The number of carbonyl (C=O) groups is 1. The Morgan fingerprint density at radius 2 is 2.08 bits per heavy atom. The molecule has 0 aromatic heterocycles. The second kappa shape index (κ2) is 8.06. The molecule has 1 aromatic carbocycles. The third kappa shape index (κ3) is 4.13. The minimum absolute atomic E-state index is 0.462. The first-order chi connectivity index (χ1) is 12.2. The monoisotopic (exact) mass is 340 g/mol. The third-order valence-corrected chi connectivity index (χ3v) is 4.56. The van der Waals surface area contributed by atoms with Crippen LogP contribution in [0.15, 0.2) is 18.2 Å². The number of carbonyl (C=O) groups excluding carboxylic acids is 1. The van der Waals surface area contributed by atoms with Crippen molar-refractivity contribution in [2.24, 2.45) is 0 Å². The van der Waals surface area contributed by atoms with Gasteiger partial charge in [0.15, 0.2) is 5.75 Å². The fourth-order valence-electron chi connectivity index (χ4n) is 3.20. The summed E-state index contributed by atoms with van der Waals surface area (Å²) < 4.78 is 5.36. The second-order valence-corrected chi connectivity index (χ2v) is 6.19. The lowest BCUT2D eigenvalue weighted by molar-refractivity contribution is 0.138. The van der Waals surface area contributed by atoms with Crippen LogP contribution in [0, 0.1) is 12.3 Å². The van der Waals surface area contributed by atoms with E-state index in [2.05, 4.69) is 38.5 Å². The SMILES string of the molecule is C#CCN1CCN(Cc2ccc(OC(=O)NC)c3c2C=CCN3)CC1. The van der Waals surface area contributed by atoms with Gasteiger partial charge in [-0.3, -0.25) is 9.80 Å². The Kier molecular flexibility index (Phi) is 5.59. The molecule has 25 heavy (non-hydrogen) atoms. The lowest BCUT2D eigenvalue weighted by atomic mass is 10.0. The number of hydrogen-bond donors (Lipinski definition) is 2. The van der Waals surface area contributed by atoms with Gasteiger partial charge >= 0.3 is 6.09 Å². The fourth-order valence-corrected chi connectivity index (χ4v) is 3.20. The minimum atomic E-state index is -0.462. The number of ether oxygens (including phenoxy) is 1. The average Bonchev–Trinajstić information content (AvgIpc) is 2.65. The molecule has 0 saturated carbocycles. The van der Waals surface area contributed by atoms with Crippen molar-refractivity contribution in [2.75, 3.05) is 51.6 Å². The number of terminal acetylenes is 1. The molecule has 0 unspecified atom stereocenters. The normalized spacial score (nSPS) is 17.3. The Labute approximate surface area is 148 Å². The Bertz CT molecular complexity index is 700. The van der Waals surface area contributed by atoms with E-state index in [-0.39, 0.29) is 0 Å². The van der Waals surface area contributed by atoms with Crippen molar-refractivity contribution in [3.8, 4) is 18.1 Å². The lowest BCUT2D eigenvalue weighted by Crippen LogP contribution is -2.45. The zero-order valence-electron chi connectivity index (χ0n) is 14.5. The fraction of sp³-hybridized carbons (Fsp3) is 0.421. The zero-order chi connectivity index (χ0) is 17.6. The summed E-state index contributed by atoms with van der Waals surface area (Å²) in [6, 6.07) is 3.91. The molecule has 0 aliphatic carbocycles. The third-order valence-electron chi connectivity index (χ3n) is 4.56. The summed E-state index contributed by atoms with van der Waals surface area (Å²) in [5.41, 5.74) is 3.21. The van der Waals surface area contributed by atoms with Crippen LogP contribution in [0.5, 0.6) is 5.75 Å². The van der Waals surface area contributed by atoms with E-state index >= 15 is 0 Å². The van der Waals surface area contributed by atoms with Crippen LogP contribution < -0.4 is 15.4 Å². The number of fused-ring (bicyclic) bond motifs is 1. The number of nitrogens with zero attached hydrogens (tertiary/aromatic N) is 2. The average molecular weight is 340 g/mol. The van der Waals surface area contributed by atoms with Gasteiger partial charge in [-0.15, -0.1) is 6.42 Å². The maximum atomic E-state index is 11.5. The highest BCUT2D eigenvalue weighted by atomic mass is 16.6. The molecule has 0 atom stereocenters. The van der Waals surface area contributed by atoms with Crippen molar-refractivity contribution in [2.45, 2.75) is 6.54 Å². The molecule has 6 heteroatoms. The minimum Gasteiger partial charge on any atom is -0.408 e. The second-order valence-electron chi connectivity index (χ2n) is 6.19.